The van der Waals surface area contributed by atoms with Crippen molar-refractivity contribution in [3.05, 3.63) is 50.2 Å². The molecule has 0 amide bonds. The molecule has 0 saturated carbocycles. The number of nitrogens with zero attached hydrogens (tertiary/aromatic N) is 1. The molecule has 2 rings (SSSR count). The highest BCUT2D eigenvalue weighted by atomic mass is 35.5. The van der Waals surface area contributed by atoms with Crippen LogP contribution in [0, 0.1) is 0 Å². The summed E-state index contributed by atoms with van der Waals surface area (Å²) in [6.45, 7) is 0. The smallest absolute Gasteiger partial charge is 0.244 e. The fourth-order valence-electron chi connectivity index (χ4n) is 1.68. The van der Waals surface area contributed by atoms with Crippen LogP contribution in [0.15, 0.2) is 24.4 Å². The summed E-state index contributed by atoms with van der Waals surface area (Å²) in [4.78, 5) is 3.44. The molecule has 0 spiro atoms. The molecule has 0 saturated heterocycles. The molecule has 0 radical (unpaired) electrons. The van der Waals surface area contributed by atoms with E-state index in [0.717, 1.165) is 12.3 Å². The van der Waals surface area contributed by atoms with Crippen LogP contribution in [0.3, 0.4) is 0 Å². The van der Waals surface area contributed by atoms with Gasteiger partial charge in [-0.3, -0.25) is 0 Å². The topological polar surface area (TPSA) is 12.9 Å². The van der Waals surface area contributed by atoms with Gasteiger partial charge in [-0.25, -0.2) is 4.98 Å². The Labute approximate surface area is 132 Å². The summed E-state index contributed by atoms with van der Waals surface area (Å²) in [7, 11) is 0. The molecule has 0 fully saturated rings. The largest absolute Gasteiger partial charge is 0.419 e. The second-order valence-electron chi connectivity index (χ2n) is 3.77. The van der Waals surface area contributed by atoms with Crippen LogP contribution in [0.25, 0.3) is 11.1 Å². The Kier molecular flexibility index (Phi) is 4.40. The van der Waals surface area contributed by atoms with Gasteiger partial charge in [0.25, 0.3) is 0 Å². The summed E-state index contributed by atoms with van der Waals surface area (Å²) in [5, 5.41) is -0.489. The normalized spacial score (nSPS) is 11.8. The first kappa shape index (κ1) is 15.7. The number of rotatable bonds is 1. The fraction of sp³-hybridized carbons (Fsp3) is 0.0833. The maximum absolute atomic E-state index is 13.1. The zero-order valence-corrected chi connectivity index (χ0v) is 12.4. The summed E-state index contributed by atoms with van der Waals surface area (Å²) >= 11 is 23.1. The summed E-state index contributed by atoms with van der Waals surface area (Å²) < 4.78 is 39.3. The summed E-state index contributed by atoms with van der Waals surface area (Å²) in [6.07, 6.45) is -3.53. The van der Waals surface area contributed by atoms with Crippen molar-refractivity contribution in [2.45, 2.75) is 6.18 Å². The van der Waals surface area contributed by atoms with Gasteiger partial charge < -0.3 is 0 Å². The SMILES string of the molecule is FC(F)(F)c1c(-c2cc(Cl)cc(Cl)c2Cl)ccnc1Cl. The Bertz CT molecular complexity index is 670. The van der Waals surface area contributed by atoms with Crippen LogP contribution in [0.5, 0.6) is 0 Å². The van der Waals surface area contributed by atoms with Crippen molar-refractivity contribution in [3.8, 4) is 11.1 Å². The molecule has 0 bridgehead atoms. The number of halogens is 7. The predicted molar refractivity (Wildman–Crippen MR) is 74.7 cm³/mol. The van der Waals surface area contributed by atoms with E-state index in [4.69, 9.17) is 46.4 Å². The number of pyridine rings is 1. The molecular formula is C12H4Cl4F3N. The number of alkyl halides is 3. The molecule has 2 aromatic rings. The highest BCUT2D eigenvalue weighted by Gasteiger charge is 2.37. The van der Waals surface area contributed by atoms with E-state index in [9.17, 15) is 13.2 Å². The average molecular weight is 361 g/mol. The number of hydrogen-bond acceptors (Lipinski definition) is 1. The molecule has 8 heteroatoms. The predicted octanol–water partition coefficient (Wildman–Crippen LogP) is 6.38. The third-order valence-corrected chi connectivity index (χ3v) is 3.78. The Balaban J connectivity index is 2.81. The van der Waals surface area contributed by atoms with E-state index >= 15 is 0 Å². The van der Waals surface area contributed by atoms with E-state index in [1.165, 1.54) is 12.1 Å². The van der Waals surface area contributed by atoms with Gasteiger partial charge in [0.1, 0.15) is 10.7 Å². The van der Waals surface area contributed by atoms with Crippen LogP contribution in [0.2, 0.25) is 20.2 Å². The lowest BCUT2D eigenvalue weighted by Crippen LogP contribution is -2.09. The first-order valence-corrected chi connectivity index (χ1v) is 6.59. The third kappa shape index (κ3) is 2.98. The first-order valence-electron chi connectivity index (χ1n) is 5.08. The highest BCUT2D eigenvalue weighted by Crippen LogP contribution is 2.44. The Morgan fingerprint density at radius 2 is 1.60 bits per heavy atom. The molecule has 106 valence electrons. The average Bonchev–Trinajstić information content (AvgIpc) is 2.31. The molecule has 0 aliphatic heterocycles. The van der Waals surface area contributed by atoms with Gasteiger partial charge in [0, 0.05) is 22.3 Å². The molecule has 0 aliphatic rings. The van der Waals surface area contributed by atoms with Crippen LogP contribution in [-0.2, 0) is 6.18 Å². The molecule has 1 heterocycles. The first-order chi connectivity index (χ1) is 9.21. The molecule has 1 nitrogen and oxygen atoms in total. The van der Waals surface area contributed by atoms with Gasteiger partial charge in [0.05, 0.1) is 10.0 Å². The van der Waals surface area contributed by atoms with E-state index in [0.29, 0.717) is 0 Å². The quantitative estimate of drug-likeness (QED) is 0.424. The molecule has 20 heavy (non-hydrogen) atoms. The zero-order valence-electron chi connectivity index (χ0n) is 9.40. The van der Waals surface area contributed by atoms with Crippen molar-refractivity contribution in [2.75, 3.05) is 0 Å². The van der Waals surface area contributed by atoms with E-state index in [-0.39, 0.29) is 26.2 Å². The maximum atomic E-state index is 13.1. The van der Waals surface area contributed by atoms with Gasteiger partial charge in [-0.2, -0.15) is 13.2 Å². The van der Waals surface area contributed by atoms with Crippen molar-refractivity contribution in [3.63, 3.8) is 0 Å². The van der Waals surface area contributed by atoms with Gasteiger partial charge >= 0.3 is 6.18 Å². The molecule has 0 unspecified atom stereocenters. The van der Waals surface area contributed by atoms with Gasteiger partial charge in [-0.05, 0) is 18.2 Å². The number of benzene rings is 1. The van der Waals surface area contributed by atoms with E-state index in [1.54, 1.807) is 0 Å². The van der Waals surface area contributed by atoms with Gasteiger partial charge in [0.15, 0.2) is 0 Å². The zero-order chi connectivity index (χ0) is 15.1. The highest BCUT2D eigenvalue weighted by molar-refractivity contribution is 6.45. The van der Waals surface area contributed by atoms with Gasteiger partial charge in [-0.15, -0.1) is 0 Å². The standard InChI is InChI=1S/C12H4Cl4F3N/c13-5-3-7(10(15)8(14)4-5)6-1-2-20-11(16)9(6)12(17,18)19/h1-4H. The van der Waals surface area contributed by atoms with Crippen LogP contribution >= 0.6 is 46.4 Å². The van der Waals surface area contributed by atoms with Crippen molar-refractivity contribution in [1.29, 1.82) is 0 Å². The molecule has 1 aromatic carbocycles. The minimum atomic E-state index is -4.68. The van der Waals surface area contributed by atoms with Gasteiger partial charge in [-0.1, -0.05) is 46.4 Å². The van der Waals surface area contributed by atoms with Crippen molar-refractivity contribution < 1.29 is 13.2 Å². The van der Waals surface area contributed by atoms with Crippen LogP contribution in [0.4, 0.5) is 13.2 Å². The summed E-state index contributed by atoms with van der Waals surface area (Å²) in [5.41, 5.74) is -1.27. The molecular weight excluding hydrogens is 357 g/mol. The number of hydrogen-bond donors (Lipinski definition) is 0. The van der Waals surface area contributed by atoms with Crippen LogP contribution in [-0.4, -0.2) is 4.98 Å². The monoisotopic (exact) mass is 359 g/mol. The molecule has 1 aromatic heterocycles. The molecule has 0 aliphatic carbocycles. The van der Waals surface area contributed by atoms with Crippen molar-refractivity contribution in [1.82, 2.24) is 4.98 Å². The van der Waals surface area contributed by atoms with E-state index in [1.807, 2.05) is 0 Å². The fourth-order valence-corrected chi connectivity index (χ4v) is 2.65. The maximum Gasteiger partial charge on any atom is 0.419 e. The second-order valence-corrected chi connectivity index (χ2v) is 5.35. The van der Waals surface area contributed by atoms with Gasteiger partial charge in [0.2, 0.25) is 0 Å². The van der Waals surface area contributed by atoms with E-state index < -0.39 is 16.9 Å². The minimum Gasteiger partial charge on any atom is -0.244 e. The molecule has 0 atom stereocenters. The third-order valence-electron chi connectivity index (χ3n) is 2.47. The van der Waals surface area contributed by atoms with Crippen molar-refractivity contribution in [2.24, 2.45) is 0 Å². The molecule has 0 N–H and O–H groups in total. The minimum absolute atomic E-state index is 0.0381. The Morgan fingerprint density at radius 3 is 2.20 bits per heavy atom. The van der Waals surface area contributed by atoms with E-state index in [2.05, 4.69) is 4.98 Å². The van der Waals surface area contributed by atoms with Crippen LogP contribution < -0.4 is 0 Å². The second kappa shape index (κ2) is 5.60. The lowest BCUT2D eigenvalue weighted by Gasteiger charge is -2.15. The summed E-state index contributed by atoms with van der Waals surface area (Å²) in [6, 6.07) is 3.78. The van der Waals surface area contributed by atoms with Crippen LogP contribution in [0.1, 0.15) is 5.56 Å². The Hall–Kier alpha value is -0.680. The van der Waals surface area contributed by atoms with Crippen molar-refractivity contribution >= 4 is 46.4 Å². The summed E-state index contributed by atoms with van der Waals surface area (Å²) in [5.74, 6) is 0. The lowest BCUT2D eigenvalue weighted by molar-refractivity contribution is -0.137. The lowest BCUT2D eigenvalue weighted by atomic mass is 10.0. The Morgan fingerprint density at radius 1 is 0.950 bits per heavy atom. The number of aromatic nitrogens is 1.